The highest BCUT2D eigenvalue weighted by molar-refractivity contribution is 6.74. The Kier molecular flexibility index (Phi) is 6.54. The van der Waals surface area contributed by atoms with Crippen molar-refractivity contribution in [2.75, 3.05) is 6.61 Å². The number of aromatic nitrogens is 3. The van der Waals surface area contributed by atoms with Crippen molar-refractivity contribution >= 4 is 8.32 Å². The normalized spacial score (nSPS) is 39.8. The monoisotopic (exact) mass is 619 g/mol. The molecule has 1 aromatic carbocycles. The highest BCUT2D eigenvalue weighted by atomic mass is 28.4. The van der Waals surface area contributed by atoms with E-state index in [1.165, 1.54) is 4.57 Å². The van der Waals surface area contributed by atoms with Crippen LogP contribution >= 0.6 is 0 Å². The van der Waals surface area contributed by atoms with Gasteiger partial charge in [0.05, 0.1) is 16.8 Å². The molecule has 2 bridgehead atoms. The number of rotatable bonds is 5. The predicted molar refractivity (Wildman–Crippen MR) is 177 cm³/mol. The lowest BCUT2D eigenvalue weighted by molar-refractivity contribution is -0.199. The summed E-state index contributed by atoms with van der Waals surface area (Å²) in [5.74, 6) is 1.07. The van der Waals surface area contributed by atoms with Crippen LogP contribution in [0.4, 0.5) is 0 Å². The molecular formula is C36H53N3O4Si. The Bertz CT molecular complexity index is 1620. The van der Waals surface area contributed by atoms with Gasteiger partial charge in [0, 0.05) is 24.5 Å². The van der Waals surface area contributed by atoms with E-state index in [9.17, 15) is 14.7 Å². The van der Waals surface area contributed by atoms with Gasteiger partial charge in [0.2, 0.25) is 0 Å². The highest BCUT2D eigenvalue weighted by Gasteiger charge is 2.75. The Balaban J connectivity index is 1.47. The van der Waals surface area contributed by atoms with Gasteiger partial charge in [0.15, 0.2) is 8.32 Å². The molecule has 9 atom stereocenters. The standard InChI is InChI=1S/C36H53N3O4Si/c1-24(23-40)27-14-15-28-33(27,5)18-17-29-34(6)19-16-26(43-44(7,8)32(2,3)4)22-35(34)20-21-36(28,29)39-31(42)37(30(41)38(35)39)25-12-10-9-11-13-25/h9-13,20-21,24,26-29,40H,14-19,22-23H2,1-8H3/t24-,26+,27-,28-,29?,33-,34-,35-,36+/m1/s1. The average molecular weight is 620 g/mol. The van der Waals surface area contributed by atoms with E-state index in [1.807, 2.05) is 39.7 Å². The van der Waals surface area contributed by atoms with Gasteiger partial charge in [0.25, 0.3) is 0 Å². The molecule has 3 saturated carbocycles. The number of allylic oxidation sites excluding steroid dienone is 2. The zero-order valence-electron chi connectivity index (χ0n) is 28.1. The molecule has 44 heavy (non-hydrogen) atoms. The van der Waals surface area contributed by atoms with Gasteiger partial charge >= 0.3 is 11.4 Å². The fourth-order valence-corrected chi connectivity index (χ4v) is 12.6. The van der Waals surface area contributed by atoms with Crippen molar-refractivity contribution in [3.05, 3.63) is 63.5 Å². The topological polar surface area (TPSA) is 78.4 Å². The molecule has 1 N–H and O–H groups in total. The van der Waals surface area contributed by atoms with Crippen LogP contribution < -0.4 is 11.4 Å². The predicted octanol–water partition coefficient (Wildman–Crippen LogP) is 6.43. The van der Waals surface area contributed by atoms with Crippen molar-refractivity contribution in [1.82, 2.24) is 13.9 Å². The van der Waals surface area contributed by atoms with Crippen LogP contribution in [-0.2, 0) is 15.5 Å². The lowest BCUT2D eigenvalue weighted by Crippen LogP contribution is -2.76. The third-order valence-electron chi connectivity index (χ3n) is 14.4. The molecule has 8 heteroatoms. The Hall–Kier alpha value is -2.16. The van der Waals surface area contributed by atoms with Crippen LogP contribution in [-0.4, -0.2) is 40.1 Å². The Labute approximate surface area is 263 Å². The van der Waals surface area contributed by atoms with Crippen LogP contribution in [0, 0.1) is 34.5 Å². The molecule has 240 valence electrons. The van der Waals surface area contributed by atoms with E-state index in [0.717, 1.165) is 38.5 Å². The number of benzene rings is 1. The van der Waals surface area contributed by atoms with E-state index in [2.05, 4.69) is 66.8 Å². The van der Waals surface area contributed by atoms with Gasteiger partial charge in [-0.05, 0) is 97.9 Å². The minimum atomic E-state index is -2.06. The quantitative estimate of drug-likeness (QED) is 0.309. The molecule has 4 aliphatic carbocycles. The molecule has 3 heterocycles. The summed E-state index contributed by atoms with van der Waals surface area (Å²) in [6, 6.07) is 9.48. The van der Waals surface area contributed by atoms with Crippen molar-refractivity contribution in [3.63, 3.8) is 0 Å². The van der Waals surface area contributed by atoms with E-state index in [0.29, 0.717) is 18.0 Å². The second-order valence-electron chi connectivity index (χ2n) is 17.2. The van der Waals surface area contributed by atoms with Crippen LogP contribution in [0.2, 0.25) is 18.1 Å². The average Bonchev–Trinajstić information content (AvgIpc) is 3.47. The molecule has 0 radical (unpaired) electrons. The van der Waals surface area contributed by atoms with Crippen LogP contribution in [0.15, 0.2) is 52.1 Å². The number of nitrogens with zero attached hydrogens (tertiary/aromatic N) is 3. The Morgan fingerprint density at radius 1 is 0.955 bits per heavy atom. The van der Waals surface area contributed by atoms with Gasteiger partial charge in [0.1, 0.15) is 0 Å². The summed E-state index contributed by atoms with van der Waals surface area (Å²) in [6.45, 7) is 18.7. The summed E-state index contributed by atoms with van der Waals surface area (Å²) in [4.78, 5) is 29.7. The van der Waals surface area contributed by atoms with Crippen molar-refractivity contribution in [3.8, 4) is 5.69 Å². The second-order valence-corrected chi connectivity index (χ2v) is 21.9. The third-order valence-corrected chi connectivity index (χ3v) is 18.9. The van der Waals surface area contributed by atoms with Crippen molar-refractivity contribution in [2.24, 2.45) is 34.5 Å². The van der Waals surface area contributed by atoms with Gasteiger partial charge in [-0.2, -0.15) is 0 Å². The summed E-state index contributed by atoms with van der Waals surface area (Å²) in [6.07, 6.45) is 11.6. The summed E-state index contributed by atoms with van der Waals surface area (Å²) in [5.41, 5.74) is -1.23. The number of hydrogen-bond donors (Lipinski definition) is 1. The van der Waals surface area contributed by atoms with Gasteiger partial charge in [-0.15, -0.1) is 0 Å². The maximum atomic E-state index is 14.9. The number of aliphatic hydroxyl groups excluding tert-OH is 1. The highest BCUT2D eigenvalue weighted by Crippen LogP contribution is 2.74. The summed E-state index contributed by atoms with van der Waals surface area (Å²) >= 11 is 0. The molecule has 0 saturated heterocycles. The van der Waals surface area contributed by atoms with E-state index in [-0.39, 0.29) is 57.7 Å². The van der Waals surface area contributed by atoms with E-state index in [4.69, 9.17) is 4.43 Å². The van der Waals surface area contributed by atoms with Crippen LogP contribution in [0.25, 0.3) is 5.69 Å². The Morgan fingerprint density at radius 3 is 2.30 bits per heavy atom. The molecule has 7 nitrogen and oxygen atoms in total. The van der Waals surface area contributed by atoms with Gasteiger partial charge < -0.3 is 9.53 Å². The van der Waals surface area contributed by atoms with E-state index < -0.39 is 19.4 Å². The SMILES string of the molecule is C[C@H](CO)[C@H]1CC[C@@H]2[C@]1(C)CCC1[C@]23C=C[C@]2(C[C@@H](O[Si](C)(C)C(C)(C)C)CC[C@]12C)n1c(=O)n(-c2ccccc2)c(=O)n13. The molecule has 6 aliphatic rings. The fourth-order valence-electron chi connectivity index (χ4n) is 11.2. The largest absolute Gasteiger partial charge is 0.414 e. The van der Waals surface area contributed by atoms with Gasteiger partial charge in [-0.25, -0.2) is 23.5 Å². The van der Waals surface area contributed by atoms with Gasteiger partial charge in [-0.1, -0.05) is 71.9 Å². The summed E-state index contributed by atoms with van der Waals surface area (Å²) in [7, 11) is -2.06. The van der Waals surface area contributed by atoms with Crippen LogP contribution in [0.1, 0.15) is 86.5 Å². The number of hydrogen-bond acceptors (Lipinski definition) is 4. The number of aliphatic hydroxyl groups is 1. The zero-order valence-corrected chi connectivity index (χ0v) is 29.1. The first kappa shape index (κ1) is 30.5. The lowest BCUT2D eigenvalue weighted by Gasteiger charge is -2.71. The molecule has 1 aromatic heterocycles. The van der Waals surface area contributed by atoms with Crippen molar-refractivity contribution in [1.29, 1.82) is 0 Å². The smallest absolute Gasteiger partial charge is 0.352 e. The van der Waals surface area contributed by atoms with E-state index >= 15 is 0 Å². The molecule has 2 spiro atoms. The van der Waals surface area contributed by atoms with Crippen LogP contribution in [0.5, 0.6) is 0 Å². The number of para-hydroxylation sites is 1. The zero-order chi connectivity index (χ0) is 31.7. The minimum Gasteiger partial charge on any atom is -0.414 e. The second kappa shape index (κ2) is 9.44. The first-order chi connectivity index (χ1) is 20.6. The molecular weight excluding hydrogens is 566 g/mol. The lowest BCUT2D eigenvalue weighted by atomic mass is 9.40. The van der Waals surface area contributed by atoms with Crippen molar-refractivity contribution < 1.29 is 9.53 Å². The molecule has 3 fully saturated rings. The first-order valence-electron chi connectivity index (χ1n) is 17.1. The third kappa shape index (κ3) is 3.56. The molecule has 8 rings (SSSR count). The maximum absolute atomic E-state index is 14.9. The first-order valence-corrected chi connectivity index (χ1v) is 20.0. The molecule has 0 amide bonds. The molecule has 2 aliphatic heterocycles. The van der Waals surface area contributed by atoms with Crippen molar-refractivity contribution in [2.45, 2.75) is 122 Å². The molecule has 2 aromatic rings. The fraction of sp³-hybridized carbons (Fsp3) is 0.722. The minimum absolute atomic E-state index is 0.0193. The summed E-state index contributed by atoms with van der Waals surface area (Å²) in [5, 5.41) is 10.3. The molecule has 1 unspecified atom stereocenters. The van der Waals surface area contributed by atoms with E-state index in [1.54, 1.807) is 0 Å². The van der Waals surface area contributed by atoms with Crippen LogP contribution in [0.3, 0.4) is 0 Å². The Morgan fingerprint density at radius 2 is 1.64 bits per heavy atom. The number of fused-ring (bicyclic) bond motifs is 1. The summed E-state index contributed by atoms with van der Waals surface area (Å²) < 4.78 is 12.4. The van der Waals surface area contributed by atoms with Gasteiger partial charge in [-0.3, -0.25) is 0 Å². The maximum Gasteiger partial charge on any atom is 0.352 e.